The lowest BCUT2D eigenvalue weighted by Gasteiger charge is -2.21. The fourth-order valence-corrected chi connectivity index (χ4v) is 1.93. The topological polar surface area (TPSA) is 29.3 Å². The fraction of sp³-hybridized carbons (Fsp3) is 0.308. The van der Waals surface area contributed by atoms with Crippen molar-refractivity contribution in [1.82, 2.24) is 4.98 Å². The lowest BCUT2D eigenvalue weighted by Crippen LogP contribution is -2.24. The first-order valence-electron chi connectivity index (χ1n) is 5.73. The molecule has 0 atom stereocenters. The van der Waals surface area contributed by atoms with E-state index in [9.17, 15) is 4.39 Å². The van der Waals surface area contributed by atoms with Crippen LogP contribution in [-0.4, -0.2) is 11.5 Å². The minimum Gasteiger partial charge on any atom is -0.467 e. The summed E-state index contributed by atoms with van der Waals surface area (Å²) in [5.41, 5.74) is 0.458. The highest BCUT2D eigenvalue weighted by Gasteiger charge is 2.15. The molecule has 2 aromatic heterocycles. The molecular formula is C13H14ClFN2O. The molecule has 0 radical (unpaired) electrons. The van der Waals surface area contributed by atoms with Gasteiger partial charge in [0.1, 0.15) is 5.76 Å². The maximum atomic E-state index is 14.1. The molecule has 0 bridgehead atoms. The van der Waals surface area contributed by atoms with Crippen molar-refractivity contribution in [3.8, 4) is 0 Å². The summed E-state index contributed by atoms with van der Waals surface area (Å²) < 4.78 is 19.4. The SMILES string of the molecule is CCN(Cc1ccco1)c1nccc(CCl)c1F. The van der Waals surface area contributed by atoms with Gasteiger partial charge in [-0.05, 0) is 25.1 Å². The van der Waals surface area contributed by atoms with Gasteiger partial charge < -0.3 is 9.32 Å². The van der Waals surface area contributed by atoms with Crippen molar-refractivity contribution >= 4 is 17.4 Å². The zero-order chi connectivity index (χ0) is 13.0. The Labute approximate surface area is 110 Å². The van der Waals surface area contributed by atoms with E-state index in [1.165, 1.54) is 0 Å². The molecule has 0 N–H and O–H groups in total. The summed E-state index contributed by atoms with van der Waals surface area (Å²) >= 11 is 5.69. The van der Waals surface area contributed by atoms with Crippen LogP contribution in [0.1, 0.15) is 18.2 Å². The van der Waals surface area contributed by atoms with E-state index in [0.717, 1.165) is 5.76 Å². The maximum Gasteiger partial charge on any atom is 0.170 e. The third kappa shape index (κ3) is 2.64. The number of anilines is 1. The summed E-state index contributed by atoms with van der Waals surface area (Å²) in [4.78, 5) is 5.90. The third-order valence-electron chi connectivity index (χ3n) is 2.70. The quantitative estimate of drug-likeness (QED) is 0.776. The molecule has 0 fully saturated rings. The van der Waals surface area contributed by atoms with E-state index in [1.54, 1.807) is 18.5 Å². The molecule has 0 aliphatic carbocycles. The minimum absolute atomic E-state index is 0.139. The van der Waals surface area contributed by atoms with E-state index >= 15 is 0 Å². The molecule has 0 aliphatic rings. The van der Waals surface area contributed by atoms with Crippen LogP contribution in [-0.2, 0) is 12.4 Å². The van der Waals surface area contributed by atoms with E-state index < -0.39 is 0 Å². The molecule has 0 aromatic carbocycles. The zero-order valence-electron chi connectivity index (χ0n) is 10.1. The van der Waals surface area contributed by atoms with E-state index in [4.69, 9.17) is 16.0 Å². The first-order chi connectivity index (χ1) is 8.76. The number of furan rings is 1. The summed E-state index contributed by atoms with van der Waals surface area (Å²) in [5, 5.41) is 0. The van der Waals surface area contributed by atoms with Crippen LogP contribution in [0.4, 0.5) is 10.2 Å². The van der Waals surface area contributed by atoms with Gasteiger partial charge in [-0.15, -0.1) is 11.6 Å². The molecule has 18 heavy (non-hydrogen) atoms. The molecular weight excluding hydrogens is 255 g/mol. The van der Waals surface area contributed by atoms with Crippen molar-refractivity contribution in [2.75, 3.05) is 11.4 Å². The van der Waals surface area contributed by atoms with Crippen LogP contribution in [0.25, 0.3) is 0 Å². The van der Waals surface area contributed by atoms with Crippen molar-refractivity contribution in [3.63, 3.8) is 0 Å². The number of rotatable bonds is 5. The van der Waals surface area contributed by atoms with Gasteiger partial charge in [0.2, 0.25) is 0 Å². The molecule has 5 heteroatoms. The molecule has 2 heterocycles. The average molecular weight is 269 g/mol. The molecule has 0 unspecified atom stereocenters. The van der Waals surface area contributed by atoms with Gasteiger partial charge in [0.15, 0.2) is 11.6 Å². The number of pyridine rings is 1. The number of halogens is 2. The number of nitrogens with zero attached hydrogens (tertiary/aromatic N) is 2. The predicted molar refractivity (Wildman–Crippen MR) is 69.2 cm³/mol. The average Bonchev–Trinajstić information content (AvgIpc) is 2.89. The Hall–Kier alpha value is -1.55. The van der Waals surface area contributed by atoms with Crippen molar-refractivity contribution in [2.24, 2.45) is 0 Å². The number of aromatic nitrogens is 1. The third-order valence-corrected chi connectivity index (χ3v) is 2.99. The van der Waals surface area contributed by atoms with Crippen molar-refractivity contribution in [1.29, 1.82) is 0 Å². The van der Waals surface area contributed by atoms with Crippen LogP contribution in [0.15, 0.2) is 35.1 Å². The molecule has 2 aromatic rings. The summed E-state index contributed by atoms with van der Waals surface area (Å²) in [5.74, 6) is 0.863. The predicted octanol–water partition coefficient (Wildman–Crippen LogP) is 3.58. The molecule has 0 saturated heterocycles. The largest absolute Gasteiger partial charge is 0.467 e. The minimum atomic E-state index is -0.360. The molecule has 96 valence electrons. The van der Waals surface area contributed by atoms with E-state index in [0.29, 0.717) is 24.5 Å². The number of alkyl halides is 1. The Kier molecular flexibility index (Phi) is 4.20. The van der Waals surface area contributed by atoms with Gasteiger partial charge in [-0.3, -0.25) is 0 Å². The highest BCUT2D eigenvalue weighted by Crippen LogP contribution is 2.22. The molecule has 3 nitrogen and oxygen atoms in total. The van der Waals surface area contributed by atoms with Crippen LogP contribution in [0.2, 0.25) is 0 Å². The zero-order valence-corrected chi connectivity index (χ0v) is 10.8. The smallest absolute Gasteiger partial charge is 0.170 e. The van der Waals surface area contributed by atoms with Crippen molar-refractivity contribution < 1.29 is 8.81 Å². The molecule has 0 spiro atoms. The van der Waals surface area contributed by atoms with Gasteiger partial charge >= 0.3 is 0 Å². The normalized spacial score (nSPS) is 10.6. The van der Waals surface area contributed by atoms with Gasteiger partial charge in [-0.25, -0.2) is 9.37 Å². The summed E-state index contributed by atoms with van der Waals surface area (Å²) in [7, 11) is 0. The maximum absolute atomic E-state index is 14.1. The first kappa shape index (κ1) is 12.9. The van der Waals surface area contributed by atoms with E-state index in [2.05, 4.69) is 4.98 Å². The second-order valence-corrected chi connectivity index (χ2v) is 4.10. The van der Waals surface area contributed by atoms with Gasteiger partial charge in [-0.1, -0.05) is 0 Å². The summed E-state index contributed by atoms with van der Waals surface area (Å²) in [6, 6.07) is 5.25. The highest BCUT2D eigenvalue weighted by atomic mass is 35.5. The molecule has 0 saturated carbocycles. The second kappa shape index (κ2) is 5.87. The Morgan fingerprint density at radius 2 is 2.28 bits per heavy atom. The van der Waals surface area contributed by atoms with Gasteiger partial charge in [0.05, 0.1) is 18.7 Å². The monoisotopic (exact) mass is 268 g/mol. The van der Waals surface area contributed by atoms with E-state index in [1.807, 2.05) is 24.0 Å². The lowest BCUT2D eigenvalue weighted by atomic mass is 10.2. The Balaban J connectivity index is 2.27. The molecule has 0 amide bonds. The van der Waals surface area contributed by atoms with E-state index in [-0.39, 0.29) is 11.7 Å². The summed E-state index contributed by atoms with van der Waals surface area (Å²) in [6.07, 6.45) is 3.17. The van der Waals surface area contributed by atoms with Crippen LogP contribution in [0.5, 0.6) is 0 Å². The molecule has 2 rings (SSSR count). The fourth-order valence-electron chi connectivity index (χ4n) is 1.72. The lowest BCUT2D eigenvalue weighted by molar-refractivity contribution is 0.499. The van der Waals surface area contributed by atoms with Gasteiger partial charge in [0, 0.05) is 18.3 Å². The first-order valence-corrected chi connectivity index (χ1v) is 6.26. The van der Waals surface area contributed by atoms with Crippen LogP contribution < -0.4 is 4.90 Å². The standard InChI is InChI=1S/C13H14ClFN2O/c1-2-17(9-11-4-3-7-18-11)13-12(15)10(8-14)5-6-16-13/h3-7H,2,8-9H2,1H3. The van der Waals surface area contributed by atoms with Crippen LogP contribution >= 0.6 is 11.6 Å². The van der Waals surface area contributed by atoms with Gasteiger partial charge in [0.25, 0.3) is 0 Å². The second-order valence-electron chi connectivity index (χ2n) is 3.83. The van der Waals surface area contributed by atoms with Gasteiger partial charge in [-0.2, -0.15) is 0 Å². The number of hydrogen-bond donors (Lipinski definition) is 0. The highest BCUT2D eigenvalue weighted by molar-refractivity contribution is 6.17. The Bertz CT molecular complexity index is 502. The van der Waals surface area contributed by atoms with Crippen molar-refractivity contribution in [2.45, 2.75) is 19.3 Å². The van der Waals surface area contributed by atoms with Crippen LogP contribution in [0.3, 0.4) is 0 Å². The number of hydrogen-bond acceptors (Lipinski definition) is 3. The summed E-state index contributed by atoms with van der Waals surface area (Å²) in [6.45, 7) is 3.06. The van der Waals surface area contributed by atoms with Crippen LogP contribution in [0, 0.1) is 5.82 Å². The van der Waals surface area contributed by atoms with Crippen molar-refractivity contribution in [3.05, 3.63) is 47.8 Å². The Morgan fingerprint density at radius 1 is 1.44 bits per heavy atom. The molecule has 0 aliphatic heterocycles. The Morgan fingerprint density at radius 3 is 2.89 bits per heavy atom.